The van der Waals surface area contributed by atoms with Crippen molar-refractivity contribution in [1.29, 1.82) is 0 Å². The molecule has 0 unspecified atom stereocenters. The lowest BCUT2D eigenvalue weighted by Crippen LogP contribution is -2.12. The number of carbonyl (C=O) groups is 1. The smallest absolute Gasteiger partial charge is 0.262 e. The van der Waals surface area contributed by atoms with Gasteiger partial charge in [0.1, 0.15) is 9.45 Å². The van der Waals surface area contributed by atoms with Gasteiger partial charge in [0, 0.05) is 22.5 Å². The Morgan fingerprint density at radius 3 is 2.62 bits per heavy atom. The van der Waals surface area contributed by atoms with E-state index < -0.39 is 0 Å². The summed E-state index contributed by atoms with van der Waals surface area (Å²) in [6, 6.07) is 17.0. The van der Waals surface area contributed by atoms with Crippen molar-refractivity contribution < 1.29 is 9.53 Å². The fourth-order valence-corrected chi connectivity index (χ4v) is 3.65. The number of carbonyl (C=O) groups excluding carboxylic acids is 1. The highest BCUT2D eigenvalue weighted by Gasteiger charge is 2.20. The normalized spacial score (nSPS) is 11.1. The van der Waals surface area contributed by atoms with Crippen LogP contribution in [0.15, 0.2) is 60.8 Å². The molecule has 0 aliphatic carbocycles. The van der Waals surface area contributed by atoms with Crippen molar-refractivity contribution >= 4 is 50.3 Å². The van der Waals surface area contributed by atoms with Crippen molar-refractivity contribution in [3.8, 4) is 5.75 Å². The maximum Gasteiger partial charge on any atom is 0.262 e. The van der Waals surface area contributed by atoms with E-state index in [9.17, 15) is 4.79 Å². The highest BCUT2D eigenvalue weighted by Crippen LogP contribution is 2.33. The van der Waals surface area contributed by atoms with Crippen LogP contribution in [0.1, 0.15) is 10.4 Å². The van der Waals surface area contributed by atoms with Gasteiger partial charge in [-0.3, -0.25) is 9.36 Å². The minimum atomic E-state index is -0.0633. The monoisotopic (exact) mass is 428 g/mol. The summed E-state index contributed by atoms with van der Waals surface area (Å²) < 4.78 is 7.88. The third-order valence-corrected chi connectivity index (χ3v) is 4.85. The van der Waals surface area contributed by atoms with E-state index in [4.69, 9.17) is 4.74 Å². The Kier molecular flexibility index (Phi) is 3.72. The number of ether oxygens (including phenoxy) is 1. The number of hydrogen-bond acceptors (Lipinski definition) is 3. The zero-order chi connectivity index (χ0) is 16.7. The van der Waals surface area contributed by atoms with Crippen molar-refractivity contribution in [1.82, 2.24) is 9.55 Å². The predicted molar refractivity (Wildman–Crippen MR) is 103 cm³/mol. The van der Waals surface area contributed by atoms with Crippen LogP contribution in [0.3, 0.4) is 0 Å². The van der Waals surface area contributed by atoms with Gasteiger partial charge in [-0.05, 0) is 59.0 Å². The molecule has 0 aliphatic rings. The van der Waals surface area contributed by atoms with Crippen molar-refractivity contribution in [2.24, 2.45) is 0 Å². The average molecular weight is 428 g/mol. The van der Waals surface area contributed by atoms with Gasteiger partial charge in [0.05, 0.1) is 18.1 Å². The third kappa shape index (κ3) is 2.27. The third-order valence-electron chi connectivity index (χ3n) is 4.06. The highest BCUT2D eigenvalue weighted by atomic mass is 127. The van der Waals surface area contributed by atoms with Crippen molar-refractivity contribution in [2.45, 2.75) is 0 Å². The van der Waals surface area contributed by atoms with Gasteiger partial charge in [0.25, 0.3) is 5.91 Å². The Labute approximate surface area is 152 Å². The molecule has 4 aromatic rings. The second kappa shape index (κ2) is 5.90. The largest absolute Gasteiger partial charge is 0.497 e. The van der Waals surface area contributed by atoms with Crippen LogP contribution < -0.4 is 4.74 Å². The molecule has 0 spiro atoms. The second-order valence-corrected chi connectivity index (χ2v) is 6.41. The molecule has 0 saturated heterocycles. The van der Waals surface area contributed by atoms with Crippen LogP contribution >= 0.6 is 22.6 Å². The Hall–Kier alpha value is -2.41. The molecule has 0 saturated carbocycles. The van der Waals surface area contributed by atoms with Crippen LogP contribution in [0, 0.1) is 3.70 Å². The van der Waals surface area contributed by atoms with Crippen LogP contribution in [0.4, 0.5) is 0 Å². The Balaban J connectivity index is 2.11. The summed E-state index contributed by atoms with van der Waals surface area (Å²) >= 11 is 2.17. The first-order valence-corrected chi connectivity index (χ1v) is 8.51. The van der Waals surface area contributed by atoms with E-state index in [0.29, 0.717) is 5.56 Å². The summed E-state index contributed by atoms with van der Waals surface area (Å²) in [7, 11) is 1.64. The van der Waals surface area contributed by atoms with E-state index in [-0.39, 0.29) is 5.91 Å². The second-order valence-electron chi connectivity index (χ2n) is 5.39. The van der Waals surface area contributed by atoms with Crippen LogP contribution in [0.25, 0.3) is 21.8 Å². The maximum atomic E-state index is 13.1. The van der Waals surface area contributed by atoms with Crippen molar-refractivity contribution in [3.05, 3.63) is 70.1 Å². The molecule has 0 aliphatic heterocycles. The Bertz CT molecular complexity index is 1070. The van der Waals surface area contributed by atoms with E-state index >= 15 is 0 Å². The molecule has 0 amide bonds. The molecule has 5 heteroatoms. The highest BCUT2D eigenvalue weighted by molar-refractivity contribution is 14.1. The standard InChI is InChI=1S/C19H13IN2O2/c1-24-13-7-8-16-15(11-13)14-9-10-21-18(20)17(14)22(16)19(23)12-5-3-2-4-6-12/h2-11H,1H3. The zero-order valence-corrected chi connectivity index (χ0v) is 15.0. The molecule has 118 valence electrons. The molecule has 0 fully saturated rings. The summed E-state index contributed by atoms with van der Waals surface area (Å²) in [5.74, 6) is 0.701. The summed E-state index contributed by atoms with van der Waals surface area (Å²) in [6.07, 6.45) is 1.76. The van der Waals surface area contributed by atoms with Gasteiger partial charge in [-0.15, -0.1) is 0 Å². The van der Waals surface area contributed by atoms with E-state index in [1.165, 1.54) is 0 Å². The number of halogens is 1. The molecular formula is C19H13IN2O2. The number of benzene rings is 2. The topological polar surface area (TPSA) is 44.1 Å². The van der Waals surface area contributed by atoms with Crippen LogP contribution in [-0.4, -0.2) is 22.6 Å². The number of fused-ring (bicyclic) bond motifs is 3. The Morgan fingerprint density at radius 2 is 1.88 bits per heavy atom. The van der Waals surface area contributed by atoms with Crippen molar-refractivity contribution in [3.63, 3.8) is 0 Å². The van der Waals surface area contributed by atoms with E-state index in [1.54, 1.807) is 17.9 Å². The lowest BCUT2D eigenvalue weighted by molar-refractivity contribution is 0.0969. The first-order valence-electron chi connectivity index (χ1n) is 7.43. The van der Waals surface area contributed by atoms with Gasteiger partial charge >= 0.3 is 0 Å². The summed E-state index contributed by atoms with van der Waals surface area (Å²) in [6.45, 7) is 0. The quantitative estimate of drug-likeness (QED) is 0.349. The predicted octanol–water partition coefficient (Wildman–Crippen LogP) is 4.49. The maximum absolute atomic E-state index is 13.1. The fourth-order valence-electron chi connectivity index (χ4n) is 2.95. The van der Waals surface area contributed by atoms with Crippen LogP contribution in [0.2, 0.25) is 0 Å². The summed E-state index contributed by atoms with van der Waals surface area (Å²) in [4.78, 5) is 17.5. The van der Waals surface area contributed by atoms with Gasteiger partial charge in [-0.25, -0.2) is 4.98 Å². The molecule has 2 heterocycles. The zero-order valence-electron chi connectivity index (χ0n) is 12.9. The number of hydrogen-bond donors (Lipinski definition) is 0. The van der Waals surface area contributed by atoms with Gasteiger partial charge < -0.3 is 4.74 Å². The van der Waals surface area contributed by atoms with Gasteiger partial charge in [0.2, 0.25) is 0 Å². The number of methoxy groups -OCH3 is 1. The molecule has 0 atom stereocenters. The first-order chi connectivity index (χ1) is 11.7. The fraction of sp³-hybridized carbons (Fsp3) is 0.0526. The summed E-state index contributed by atoms with van der Waals surface area (Å²) in [5, 5.41) is 1.97. The van der Waals surface area contributed by atoms with Crippen molar-refractivity contribution in [2.75, 3.05) is 7.11 Å². The van der Waals surface area contributed by atoms with E-state index in [1.807, 2.05) is 54.6 Å². The van der Waals surface area contributed by atoms with Crippen LogP contribution in [0.5, 0.6) is 5.75 Å². The average Bonchev–Trinajstić information content (AvgIpc) is 2.97. The molecule has 2 aromatic carbocycles. The molecule has 4 rings (SSSR count). The number of rotatable bonds is 2. The minimum absolute atomic E-state index is 0.0633. The van der Waals surface area contributed by atoms with Gasteiger partial charge in [0.15, 0.2) is 0 Å². The molecule has 0 N–H and O–H groups in total. The molecule has 0 bridgehead atoms. The van der Waals surface area contributed by atoms with E-state index in [2.05, 4.69) is 27.6 Å². The Morgan fingerprint density at radius 1 is 1.08 bits per heavy atom. The number of aromatic nitrogens is 2. The molecule has 4 nitrogen and oxygen atoms in total. The lowest BCUT2D eigenvalue weighted by Gasteiger charge is -2.07. The van der Waals surface area contributed by atoms with Gasteiger partial charge in [-0.1, -0.05) is 18.2 Å². The van der Waals surface area contributed by atoms with Crippen LogP contribution in [-0.2, 0) is 0 Å². The minimum Gasteiger partial charge on any atom is -0.497 e. The summed E-state index contributed by atoms with van der Waals surface area (Å²) in [5.41, 5.74) is 2.33. The first kappa shape index (κ1) is 15.1. The molecule has 2 aromatic heterocycles. The number of nitrogens with zero attached hydrogens (tertiary/aromatic N) is 2. The molecule has 0 radical (unpaired) electrons. The molecular weight excluding hydrogens is 415 g/mol. The van der Waals surface area contributed by atoms with E-state index in [0.717, 1.165) is 31.3 Å². The number of pyridine rings is 1. The van der Waals surface area contributed by atoms with Gasteiger partial charge in [-0.2, -0.15) is 0 Å². The molecule has 24 heavy (non-hydrogen) atoms. The lowest BCUT2D eigenvalue weighted by atomic mass is 10.2. The SMILES string of the molecule is COc1ccc2c(c1)c1ccnc(I)c1n2C(=O)c1ccccc1.